The number of hydrogen-bond acceptors (Lipinski definition) is 3. The molecule has 0 bridgehead atoms. The minimum Gasteiger partial charge on any atom is -0.342 e. The van der Waals surface area contributed by atoms with Gasteiger partial charge in [0.2, 0.25) is 5.91 Å². The van der Waals surface area contributed by atoms with Crippen LogP contribution >= 0.6 is 11.6 Å². The number of rotatable bonds is 5. The zero-order valence-corrected chi connectivity index (χ0v) is 22.6. The van der Waals surface area contributed by atoms with E-state index >= 15 is 0 Å². The van der Waals surface area contributed by atoms with E-state index in [1.54, 1.807) is 23.0 Å². The van der Waals surface area contributed by atoms with Gasteiger partial charge in [0, 0.05) is 54.3 Å². The topological polar surface area (TPSA) is 41.4 Å². The van der Waals surface area contributed by atoms with E-state index in [0.717, 1.165) is 24.6 Å². The predicted octanol–water partition coefficient (Wildman–Crippen LogP) is 6.16. The summed E-state index contributed by atoms with van der Waals surface area (Å²) in [5.74, 6) is -2.20. The molecule has 5 nitrogen and oxygen atoms in total. The van der Waals surface area contributed by atoms with Crippen molar-refractivity contribution in [2.45, 2.75) is 50.0 Å². The van der Waals surface area contributed by atoms with Gasteiger partial charge in [0.15, 0.2) is 0 Å². The van der Waals surface area contributed by atoms with Crippen molar-refractivity contribution >= 4 is 17.5 Å². The second kappa shape index (κ2) is 10.4. The van der Waals surface area contributed by atoms with E-state index in [0.29, 0.717) is 37.2 Å². The van der Waals surface area contributed by atoms with Crippen molar-refractivity contribution < 1.29 is 18.0 Å². The third kappa shape index (κ3) is 4.96. The molecule has 1 amide bonds. The van der Waals surface area contributed by atoms with Crippen molar-refractivity contribution in [1.29, 1.82) is 0 Å². The molecule has 1 aliphatic heterocycles. The Bertz CT molecular complexity index is 1340. The normalized spacial score (nSPS) is 24.4. The van der Waals surface area contributed by atoms with Crippen molar-refractivity contribution in [2.24, 2.45) is 5.92 Å². The molecule has 9 heteroatoms. The van der Waals surface area contributed by atoms with Gasteiger partial charge >= 0.3 is 0 Å². The quantitative estimate of drug-likeness (QED) is 0.386. The monoisotopic (exact) mass is 544 g/mol. The molecule has 2 aromatic carbocycles. The second-order valence-electron chi connectivity index (χ2n) is 11.0. The number of carbonyl (C=O) groups is 1. The first-order valence-corrected chi connectivity index (χ1v) is 13.4. The molecule has 0 radical (unpaired) electrons. The largest absolute Gasteiger partial charge is 0.342 e. The fourth-order valence-electron chi connectivity index (χ4n) is 6.15. The van der Waals surface area contributed by atoms with Gasteiger partial charge in [-0.15, -0.1) is 0 Å². The Morgan fingerprint density at radius 3 is 2.42 bits per heavy atom. The summed E-state index contributed by atoms with van der Waals surface area (Å²) in [5, 5.41) is 4.47. The molecule has 3 atom stereocenters. The van der Waals surface area contributed by atoms with E-state index in [1.165, 1.54) is 18.2 Å². The molecule has 1 saturated heterocycles. The van der Waals surface area contributed by atoms with E-state index in [4.69, 9.17) is 11.6 Å². The Labute approximate surface area is 226 Å². The molecule has 0 N–H and O–H groups in total. The minimum atomic E-state index is -0.619. The Hall–Kier alpha value is -2.84. The number of nitrogens with zero attached hydrogens (tertiary/aromatic N) is 4. The molecule has 2 aliphatic rings. The van der Waals surface area contributed by atoms with Crippen LogP contribution in [-0.4, -0.2) is 58.2 Å². The van der Waals surface area contributed by atoms with Gasteiger partial charge in [0.1, 0.15) is 17.5 Å². The SMILES string of the molecule is CN(C)[C@]1(C)C[C@@H](C(=O)N2CCC(c3ccnn3-c3ccc(F)c(Cl)c3)CC2)[C@H](c2ccc(F)cc2F)C1. The second-order valence-corrected chi connectivity index (χ2v) is 11.5. The fourth-order valence-corrected chi connectivity index (χ4v) is 6.33. The fraction of sp³-hybridized carbons (Fsp3) is 0.448. The van der Waals surface area contributed by atoms with Crippen molar-refractivity contribution in [3.63, 3.8) is 0 Å². The van der Waals surface area contributed by atoms with Crippen LogP contribution in [-0.2, 0) is 4.79 Å². The van der Waals surface area contributed by atoms with Crippen molar-refractivity contribution in [3.05, 3.63) is 82.4 Å². The third-order valence-corrected chi connectivity index (χ3v) is 8.90. The van der Waals surface area contributed by atoms with Crippen molar-refractivity contribution in [3.8, 4) is 5.69 Å². The zero-order chi connectivity index (χ0) is 27.2. The van der Waals surface area contributed by atoms with E-state index in [9.17, 15) is 18.0 Å². The van der Waals surface area contributed by atoms with Crippen LogP contribution in [0.1, 0.15) is 55.7 Å². The molecule has 2 heterocycles. The highest BCUT2D eigenvalue weighted by Gasteiger charge is 2.49. The van der Waals surface area contributed by atoms with E-state index in [-0.39, 0.29) is 34.2 Å². The highest BCUT2D eigenvalue weighted by atomic mass is 35.5. The number of carbonyl (C=O) groups excluding carboxylic acids is 1. The Morgan fingerprint density at radius 2 is 1.76 bits per heavy atom. The molecule has 5 rings (SSSR count). The molecule has 38 heavy (non-hydrogen) atoms. The molecule has 1 aromatic heterocycles. The average molecular weight is 545 g/mol. The van der Waals surface area contributed by atoms with Gasteiger partial charge in [-0.25, -0.2) is 17.9 Å². The van der Waals surface area contributed by atoms with Crippen LogP contribution in [0.25, 0.3) is 5.69 Å². The number of benzene rings is 2. The van der Waals surface area contributed by atoms with Gasteiger partial charge in [-0.05, 0) is 82.6 Å². The lowest BCUT2D eigenvalue weighted by molar-refractivity contribution is -0.137. The first-order chi connectivity index (χ1) is 18.1. The lowest BCUT2D eigenvalue weighted by Gasteiger charge is -2.35. The molecule has 1 aliphatic carbocycles. The van der Waals surface area contributed by atoms with Crippen LogP contribution in [0.3, 0.4) is 0 Å². The molecular formula is C29H32ClF3N4O. The molecule has 3 aromatic rings. The van der Waals surface area contributed by atoms with Crippen molar-refractivity contribution in [2.75, 3.05) is 27.2 Å². The summed E-state index contributed by atoms with van der Waals surface area (Å²) in [6.45, 7) is 3.25. The van der Waals surface area contributed by atoms with Crippen molar-refractivity contribution in [1.82, 2.24) is 19.6 Å². The minimum absolute atomic E-state index is 0.0292. The zero-order valence-electron chi connectivity index (χ0n) is 21.8. The molecular weight excluding hydrogens is 513 g/mol. The highest BCUT2D eigenvalue weighted by molar-refractivity contribution is 6.30. The lowest BCUT2D eigenvalue weighted by Crippen LogP contribution is -2.43. The molecule has 2 fully saturated rings. The summed E-state index contributed by atoms with van der Waals surface area (Å²) >= 11 is 5.99. The van der Waals surface area contributed by atoms with Gasteiger partial charge in [0.05, 0.1) is 10.7 Å². The molecule has 0 unspecified atom stereocenters. The summed E-state index contributed by atoms with van der Waals surface area (Å²) in [6, 6.07) is 10.2. The summed E-state index contributed by atoms with van der Waals surface area (Å²) in [5.41, 5.74) is 1.82. The summed E-state index contributed by atoms with van der Waals surface area (Å²) in [4.78, 5) is 17.9. The highest BCUT2D eigenvalue weighted by Crippen LogP contribution is 2.49. The van der Waals surface area contributed by atoms with Crippen LogP contribution in [0.4, 0.5) is 13.2 Å². The first kappa shape index (κ1) is 26.8. The Kier molecular flexibility index (Phi) is 7.31. The maximum absolute atomic E-state index is 14.9. The van der Waals surface area contributed by atoms with Crippen LogP contribution in [0, 0.1) is 23.4 Å². The van der Waals surface area contributed by atoms with Gasteiger partial charge < -0.3 is 9.80 Å². The number of amides is 1. The number of piperidine rings is 1. The maximum Gasteiger partial charge on any atom is 0.226 e. The number of hydrogen-bond donors (Lipinski definition) is 0. The first-order valence-electron chi connectivity index (χ1n) is 13.0. The van der Waals surface area contributed by atoms with Crippen LogP contribution in [0.2, 0.25) is 5.02 Å². The molecule has 0 spiro atoms. The van der Waals surface area contributed by atoms with Crippen LogP contribution < -0.4 is 0 Å². The summed E-state index contributed by atoms with van der Waals surface area (Å²) in [6.07, 6.45) is 4.44. The van der Waals surface area contributed by atoms with E-state index < -0.39 is 17.5 Å². The number of halogens is 4. The average Bonchev–Trinajstić information content (AvgIpc) is 3.51. The van der Waals surface area contributed by atoms with Crippen LogP contribution in [0.15, 0.2) is 48.7 Å². The number of likely N-dealkylation sites (tertiary alicyclic amines) is 1. The predicted molar refractivity (Wildman–Crippen MR) is 141 cm³/mol. The third-order valence-electron chi connectivity index (χ3n) is 8.61. The molecule has 1 saturated carbocycles. The van der Waals surface area contributed by atoms with Gasteiger partial charge in [-0.2, -0.15) is 5.10 Å². The Balaban J connectivity index is 1.33. The van der Waals surface area contributed by atoms with Gasteiger partial charge in [0.25, 0.3) is 0 Å². The standard InChI is InChI=1S/C29H32ClF3N4O/c1-29(35(2)3)16-22(21-6-4-19(31)14-26(21)33)23(17-29)28(38)36-12-9-18(10-13-36)27-8-11-34-37(27)20-5-7-25(32)24(30)15-20/h4-8,11,14-15,18,22-23H,9-10,12-13,16-17H2,1-3H3/t22-,23+,29-/m0/s1. The van der Waals surface area contributed by atoms with Crippen LogP contribution in [0.5, 0.6) is 0 Å². The number of aromatic nitrogens is 2. The van der Waals surface area contributed by atoms with Gasteiger partial charge in [-0.3, -0.25) is 4.79 Å². The molecule has 202 valence electrons. The van der Waals surface area contributed by atoms with E-state index in [1.807, 2.05) is 25.1 Å². The Morgan fingerprint density at radius 1 is 1.03 bits per heavy atom. The summed E-state index contributed by atoms with van der Waals surface area (Å²) in [7, 11) is 3.96. The lowest BCUT2D eigenvalue weighted by atomic mass is 9.86. The van der Waals surface area contributed by atoms with E-state index in [2.05, 4.69) is 16.9 Å². The smallest absolute Gasteiger partial charge is 0.226 e. The van der Waals surface area contributed by atoms with Gasteiger partial charge in [-0.1, -0.05) is 17.7 Å². The maximum atomic E-state index is 14.9. The summed E-state index contributed by atoms with van der Waals surface area (Å²) < 4.78 is 43.9.